The monoisotopic (exact) mass is 229 g/mol. The number of rotatable bonds is 5. The van der Waals surface area contributed by atoms with E-state index in [9.17, 15) is 9.90 Å². The summed E-state index contributed by atoms with van der Waals surface area (Å²) in [5.41, 5.74) is 0. The van der Waals surface area contributed by atoms with E-state index in [-0.39, 0.29) is 6.42 Å². The predicted molar refractivity (Wildman–Crippen MR) is 62.4 cm³/mol. The molecule has 0 amide bonds. The first-order chi connectivity index (χ1) is 7.63. The van der Waals surface area contributed by atoms with Crippen LogP contribution in [0.5, 0.6) is 0 Å². The van der Waals surface area contributed by atoms with Crippen molar-refractivity contribution < 1.29 is 15.0 Å². The third-order valence-corrected chi connectivity index (χ3v) is 3.33. The smallest absolute Gasteiger partial charge is 0.306 e. The summed E-state index contributed by atoms with van der Waals surface area (Å²) in [6.45, 7) is 3.66. The summed E-state index contributed by atoms with van der Waals surface area (Å²) in [6.07, 6.45) is 5.05. The fraction of sp³-hybridized carbons (Fsp3) is 0.917. The number of hydrogen-bond donors (Lipinski definition) is 2. The second-order valence-electron chi connectivity index (χ2n) is 4.66. The Hall–Kier alpha value is -0.610. The summed E-state index contributed by atoms with van der Waals surface area (Å²) in [6, 6.07) is 0.519. The van der Waals surface area contributed by atoms with E-state index in [0.717, 1.165) is 19.4 Å². The van der Waals surface area contributed by atoms with Gasteiger partial charge in [-0.25, -0.2) is 0 Å². The minimum atomic E-state index is -0.921. The SMILES string of the molecule is CCC1CCCCCN1CC(O)CC(=O)O. The van der Waals surface area contributed by atoms with Gasteiger partial charge in [0.15, 0.2) is 0 Å². The molecule has 94 valence electrons. The molecule has 1 rings (SSSR count). The number of aliphatic hydroxyl groups excluding tert-OH is 1. The Morgan fingerprint density at radius 2 is 2.19 bits per heavy atom. The molecular weight excluding hydrogens is 206 g/mol. The van der Waals surface area contributed by atoms with Gasteiger partial charge >= 0.3 is 5.97 Å². The number of carboxylic acids is 1. The van der Waals surface area contributed by atoms with E-state index in [1.165, 1.54) is 19.3 Å². The lowest BCUT2D eigenvalue weighted by Crippen LogP contribution is -2.40. The van der Waals surface area contributed by atoms with E-state index in [4.69, 9.17) is 5.11 Å². The van der Waals surface area contributed by atoms with Gasteiger partial charge in [0.1, 0.15) is 0 Å². The molecule has 1 saturated heterocycles. The molecule has 1 heterocycles. The number of carboxylic acid groups (broad SMARTS) is 1. The highest BCUT2D eigenvalue weighted by molar-refractivity contribution is 5.67. The summed E-state index contributed by atoms with van der Waals surface area (Å²) < 4.78 is 0. The van der Waals surface area contributed by atoms with E-state index in [1.54, 1.807) is 0 Å². The summed E-state index contributed by atoms with van der Waals surface area (Å²) >= 11 is 0. The highest BCUT2D eigenvalue weighted by Crippen LogP contribution is 2.19. The maximum atomic E-state index is 10.5. The van der Waals surface area contributed by atoms with Gasteiger partial charge in [-0.1, -0.05) is 19.8 Å². The van der Waals surface area contributed by atoms with Crippen molar-refractivity contribution >= 4 is 5.97 Å². The number of aliphatic hydroxyl groups is 1. The maximum Gasteiger partial charge on any atom is 0.306 e. The summed E-state index contributed by atoms with van der Waals surface area (Å²) in [7, 11) is 0. The molecule has 1 aliphatic rings. The molecular formula is C12H23NO3. The van der Waals surface area contributed by atoms with Crippen LogP contribution >= 0.6 is 0 Å². The van der Waals surface area contributed by atoms with E-state index in [0.29, 0.717) is 12.6 Å². The first kappa shape index (κ1) is 13.5. The number of aliphatic carboxylic acids is 1. The second kappa shape index (κ2) is 6.86. The molecule has 0 radical (unpaired) electrons. The Kier molecular flexibility index (Phi) is 5.77. The van der Waals surface area contributed by atoms with Gasteiger partial charge in [0, 0.05) is 12.6 Å². The molecule has 1 fully saturated rings. The summed E-state index contributed by atoms with van der Waals surface area (Å²) in [5.74, 6) is -0.921. The van der Waals surface area contributed by atoms with E-state index in [1.807, 2.05) is 0 Å². The van der Waals surface area contributed by atoms with E-state index < -0.39 is 12.1 Å². The zero-order valence-electron chi connectivity index (χ0n) is 10.1. The van der Waals surface area contributed by atoms with Gasteiger partial charge in [0.2, 0.25) is 0 Å². The largest absolute Gasteiger partial charge is 0.481 e. The molecule has 2 N–H and O–H groups in total. The van der Waals surface area contributed by atoms with Crippen LogP contribution in [0, 0.1) is 0 Å². The highest BCUT2D eigenvalue weighted by atomic mass is 16.4. The molecule has 1 aliphatic heterocycles. The van der Waals surface area contributed by atoms with Gasteiger partial charge in [-0.2, -0.15) is 0 Å². The lowest BCUT2D eigenvalue weighted by atomic mass is 10.1. The van der Waals surface area contributed by atoms with Gasteiger partial charge in [-0.3, -0.25) is 9.69 Å². The lowest BCUT2D eigenvalue weighted by Gasteiger charge is -2.30. The molecule has 0 aliphatic carbocycles. The van der Waals surface area contributed by atoms with Crippen LogP contribution < -0.4 is 0 Å². The van der Waals surface area contributed by atoms with Crippen LogP contribution in [-0.2, 0) is 4.79 Å². The van der Waals surface area contributed by atoms with Crippen LogP contribution in [0.4, 0.5) is 0 Å². The van der Waals surface area contributed by atoms with Crippen molar-refractivity contribution in [1.29, 1.82) is 0 Å². The summed E-state index contributed by atoms with van der Waals surface area (Å²) in [4.78, 5) is 12.8. The molecule has 0 bridgehead atoms. The van der Waals surface area contributed by atoms with Crippen molar-refractivity contribution in [2.45, 2.75) is 57.6 Å². The van der Waals surface area contributed by atoms with Crippen LogP contribution in [0.1, 0.15) is 45.4 Å². The highest BCUT2D eigenvalue weighted by Gasteiger charge is 2.22. The van der Waals surface area contributed by atoms with E-state index in [2.05, 4.69) is 11.8 Å². The molecule has 4 nitrogen and oxygen atoms in total. The lowest BCUT2D eigenvalue weighted by molar-refractivity contribution is -0.139. The number of likely N-dealkylation sites (tertiary alicyclic amines) is 1. The van der Waals surface area contributed by atoms with Gasteiger partial charge in [0.05, 0.1) is 12.5 Å². The van der Waals surface area contributed by atoms with Gasteiger partial charge in [0.25, 0.3) is 0 Å². The third kappa shape index (κ3) is 4.49. The van der Waals surface area contributed by atoms with Crippen molar-refractivity contribution in [3.8, 4) is 0 Å². The first-order valence-electron chi connectivity index (χ1n) is 6.27. The topological polar surface area (TPSA) is 60.8 Å². The number of carbonyl (C=O) groups is 1. The zero-order chi connectivity index (χ0) is 12.0. The first-order valence-corrected chi connectivity index (χ1v) is 6.27. The van der Waals surface area contributed by atoms with Crippen molar-refractivity contribution in [1.82, 2.24) is 4.90 Å². The summed E-state index contributed by atoms with van der Waals surface area (Å²) in [5, 5.41) is 18.3. The Labute approximate surface area is 97.3 Å². The molecule has 0 saturated carbocycles. The Morgan fingerprint density at radius 3 is 2.81 bits per heavy atom. The fourth-order valence-electron chi connectivity index (χ4n) is 2.48. The minimum absolute atomic E-state index is 0.146. The molecule has 0 aromatic rings. The quantitative estimate of drug-likeness (QED) is 0.749. The van der Waals surface area contributed by atoms with Crippen LogP contribution in [0.15, 0.2) is 0 Å². The third-order valence-electron chi connectivity index (χ3n) is 3.33. The van der Waals surface area contributed by atoms with Crippen molar-refractivity contribution in [2.75, 3.05) is 13.1 Å². The minimum Gasteiger partial charge on any atom is -0.481 e. The fourth-order valence-corrected chi connectivity index (χ4v) is 2.48. The molecule has 2 atom stereocenters. The molecule has 4 heteroatoms. The average Bonchev–Trinajstić information content (AvgIpc) is 2.41. The van der Waals surface area contributed by atoms with Crippen molar-refractivity contribution in [2.24, 2.45) is 0 Å². The number of hydrogen-bond acceptors (Lipinski definition) is 3. The van der Waals surface area contributed by atoms with E-state index >= 15 is 0 Å². The van der Waals surface area contributed by atoms with Crippen LogP contribution in [0.25, 0.3) is 0 Å². The molecule has 0 spiro atoms. The number of β-amino-alcohol motifs (C(OH)–C–C–N with tert-alkyl or cyclic N) is 1. The molecule has 2 unspecified atom stereocenters. The predicted octanol–water partition coefficient (Wildman–Crippen LogP) is 1.48. The normalized spacial score (nSPS) is 25.0. The molecule has 0 aromatic carbocycles. The van der Waals surface area contributed by atoms with Gasteiger partial charge in [-0.15, -0.1) is 0 Å². The van der Waals surface area contributed by atoms with Crippen molar-refractivity contribution in [3.63, 3.8) is 0 Å². The number of nitrogens with zero attached hydrogens (tertiary/aromatic N) is 1. The second-order valence-corrected chi connectivity index (χ2v) is 4.66. The van der Waals surface area contributed by atoms with Gasteiger partial charge in [-0.05, 0) is 25.8 Å². The average molecular weight is 229 g/mol. The van der Waals surface area contributed by atoms with Crippen LogP contribution in [-0.4, -0.2) is 46.3 Å². The Balaban J connectivity index is 2.44. The van der Waals surface area contributed by atoms with Gasteiger partial charge < -0.3 is 10.2 Å². The maximum absolute atomic E-state index is 10.5. The molecule has 16 heavy (non-hydrogen) atoms. The van der Waals surface area contributed by atoms with Crippen LogP contribution in [0.2, 0.25) is 0 Å². The van der Waals surface area contributed by atoms with Crippen LogP contribution in [0.3, 0.4) is 0 Å². The Morgan fingerprint density at radius 1 is 1.44 bits per heavy atom. The molecule has 0 aromatic heterocycles. The zero-order valence-corrected chi connectivity index (χ0v) is 10.1. The standard InChI is InChI=1S/C12H23NO3/c1-2-10-6-4-3-5-7-13(10)9-11(14)8-12(15)16/h10-11,14H,2-9H2,1H3,(H,15,16). The van der Waals surface area contributed by atoms with Crippen molar-refractivity contribution in [3.05, 3.63) is 0 Å². The Bertz CT molecular complexity index is 220.